The zero-order valence-electron chi connectivity index (χ0n) is 52.6. The van der Waals surface area contributed by atoms with Crippen LogP contribution in [-0.2, 0) is 81.0 Å². The number of esters is 1. The van der Waals surface area contributed by atoms with Gasteiger partial charge in [-0.3, -0.25) is 13.8 Å². The fourth-order valence-corrected chi connectivity index (χ4v) is 18.0. The van der Waals surface area contributed by atoms with E-state index in [2.05, 4.69) is 33.8 Å². The van der Waals surface area contributed by atoms with Crippen molar-refractivity contribution >= 4 is 22.2 Å². The number of methoxy groups -OCH3 is 1. The Labute approximate surface area is 545 Å². The van der Waals surface area contributed by atoms with Crippen LogP contribution in [0.2, 0.25) is 0 Å². The van der Waals surface area contributed by atoms with E-state index < -0.39 is 206 Å². The van der Waals surface area contributed by atoms with Gasteiger partial charge in [0.1, 0.15) is 115 Å². The van der Waals surface area contributed by atoms with E-state index in [0.717, 1.165) is 12.8 Å². The summed E-state index contributed by atoms with van der Waals surface area (Å²) in [5, 5.41) is 122. The molecule has 11 N–H and O–H groups in total. The number of ether oxygens (including phenoxy) is 12. The van der Waals surface area contributed by atoms with Crippen LogP contribution in [0.3, 0.4) is 0 Å². The zero-order valence-corrected chi connectivity index (χ0v) is 55.4. The number of aliphatic hydroxyl groups excluding tert-OH is 11. The molecule has 28 unspecified atom stereocenters. The number of aliphatic hydroxyl groups is 11. The number of fused-ring (bicyclic) bond motifs is 4. The minimum atomic E-state index is -5.53. The second kappa shape index (κ2) is 27.6. The van der Waals surface area contributed by atoms with Crippen LogP contribution >= 0.6 is 0 Å². The van der Waals surface area contributed by atoms with Crippen molar-refractivity contribution in [1.82, 2.24) is 0 Å². The maximum atomic E-state index is 14.5. The molecule has 510 valence electrons. The third-order valence-electron chi connectivity index (χ3n) is 22.0. The van der Waals surface area contributed by atoms with Gasteiger partial charge in [-0.1, -0.05) is 53.2 Å². The fraction of sp³-hybridized carbons (Fsp3) is 0.932. The first-order valence-electron chi connectivity index (χ1n) is 31.1. The number of cyclic esters (lactones) is 1. The Bertz CT molecular complexity index is 2660. The zero-order chi connectivity index (χ0) is 65.0. The van der Waals surface area contributed by atoms with E-state index in [4.69, 9.17) is 61.0 Å². The Morgan fingerprint density at radius 2 is 1.27 bits per heavy atom. The summed E-state index contributed by atoms with van der Waals surface area (Å²) in [4.78, 5) is 27.8. The Morgan fingerprint density at radius 3 is 1.91 bits per heavy atom. The molecule has 0 amide bonds. The predicted molar refractivity (Wildman–Crippen MR) is 296 cm³/mol. The summed E-state index contributed by atoms with van der Waals surface area (Å²) in [6.45, 7) is 13.0. The van der Waals surface area contributed by atoms with Crippen LogP contribution in [-0.4, -0.2) is 267 Å². The van der Waals surface area contributed by atoms with Crippen molar-refractivity contribution in [2.45, 2.75) is 266 Å². The topological polar surface area (TPSA) is 434 Å². The quantitative estimate of drug-likeness (QED) is 0.0189. The molecule has 29 nitrogen and oxygen atoms in total. The summed E-state index contributed by atoms with van der Waals surface area (Å²) in [6.07, 6.45) is -34.6. The Morgan fingerprint density at radius 1 is 0.667 bits per heavy atom. The number of rotatable bonds is 19. The van der Waals surface area contributed by atoms with Gasteiger partial charge in [0.05, 0.1) is 44.1 Å². The number of hydrogen-bond donors (Lipinski definition) is 11. The number of ketones is 1. The summed E-state index contributed by atoms with van der Waals surface area (Å²) in [5.41, 5.74) is -2.01. The molecule has 9 fully saturated rings. The van der Waals surface area contributed by atoms with Crippen molar-refractivity contribution in [3.05, 3.63) is 11.6 Å². The van der Waals surface area contributed by atoms with Gasteiger partial charge in [-0.05, 0) is 87.4 Å². The molecule has 6 aliphatic heterocycles. The number of hydrogen-bond acceptors (Lipinski definition) is 29. The second-order valence-electron chi connectivity index (χ2n) is 28.1. The van der Waals surface area contributed by atoms with E-state index in [1.807, 2.05) is 20.8 Å². The molecule has 31 heteroatoms. The average Bonchev–Trinajstić information content (AvgIpc) is 1.45. The van der Waals surface area contributed by atoms with Crippen LogP contribution in [0.15, 0.2) is 11.6 Å². The van der Waals surface area contributed by atoms with E-state index >= 15 is 0 Å². The van der Waals surface area contributed by atoms with Crippen LogP contribution in [0.25, 0.3) is 0 Å². The van der Waals surface area contributed by atoms with Crippen LogP contribution in [0.1, 0.15) is 113 Å². The average molecular weight is 1320 g/mol. The van der Waals surface area contributed by atoms with E-state index in [1.165, 1.54) is 19.6 Å². The predicted octanol–water partition coefficient (Wildman–Crippen LogP) is -5.18. The number of carbonyl (C=O) groups is 2. The molecule has 6 heterocycles. The van der Waals surface area contributed by atoms with Crippen LogP contribution in [0, 0.1) is 45.3 Å². The van der Waals surface area contributed by atoms with Crippen molar-refractivity contribution in [2.24, 2.45) is 45.3 Å². The third kappa shape index (κ3) is 13.0. The van der Waals surface area contributed by atoms with Gasteiger partial charge in [-0.2, -0.15) is 0 Å². The van der Waals surface area contributed by atoms with Gasteiger partial charge in [0.25, 0.3) is 0 Å². The first-order chi connectivity index (χ1) is 41.7. The molecule has 0 radical (unpaired) electrons. The van der Waals surface area contributed by atoms with Crippen molar-refractivity contribution in [1.29, 1.82) is 0 Å². The van der Waals surface area contributed by atoms with Crippen LogP contribution in [0.4, 0.5) is 0 Å². The SMILES string of the molecule is COC1C(O)COC(OC2C(O)C(CO)OC(OC3C(C)OC(OC4C(OC5CC[C@]6(C)C7CCC89C(=O)O[C@@](C)(CC(=O)CC(C)C)C8CC[C@@]9(C)C7=CCC6C5(C)C)OCC(OS(=O)(=O)[O-])C4O)C(OC4OC(CO)C(O)C(O)C4O)C3O)C2O)C1O.[Na+]. The molecule has 90 heavy (non-hydrogen) atoms. The number of allylic oxidation sites excluding steroid dienone is 2. The molecule has 1 spiro atoms. The summed E-state index contributed by atoms with van der Waals surface area (Å²) in [7, 11) is -4.31. The maximum absolute atomic E-state index is 14.5. The molecular formula is C59H93NaO29S. The Balaban J connectivity index is 0.00000960. The van der Waals surface area contributed by atoms with Gasteiger partial charge < -0.3 is 118 Å². The minimum absolute atomic E-state index is 0. The molecule has 3 saturated carbocycles. The standard InChI is InChI=1S/C59H94O29S.Na/c1-24(2)18-26(62)19-58(8)34-13-16-57(7)28-10-11-33-55(4,5)35(14-15-56(33,6)27(28)12-17-59(34,57)54(72)87-58)82-52-47(38(66)32(23-78-52)88-89(73,74)75)86-53-48(85-50-40(68)39(67)36(64)30(20-60)80-50)41(69)44(25(3)79-53)83-51-43(71)46(37(65)31(21-61)81-51)84-49-42(70)45(76-9)29(63)22-77-49;/h10,24-25,27,29-53,60-61,63-71H,11-23H2,1-9H3,(H,73,74,75);/q;+1/p-1/t25?,27?,29?,30?,31?,32?,33?,34?,35?,36?,37?,38?,39?,40?,41?,42?,43?,44?,45?,46?,47?,48?,49?,50?,51?,52?,53?,56-,57+,58+,59?;/m1./s1. The molecule has 0 aromatic rings. The molecule has 0 bridgehead atoms. The third-order valence-corrected chi connectivity index (χ3v) is 22.5. The van der Waals surface area contributed by atoms with E-state index in [0.29, 0.717) is 38.5 Å². The molecule has 4 aliphatic carbocycles. The molecule has 10 aliphatic rings. The smallest absolute Gasteiger partial charge is 0.726 e. The maximum Gasteiger partial charge on any atom is 1.00 e. The molecule has 31 atom stereocenters. The summed E-state index contributed by atoms with van der Waals surface area (Å²) in [5.74, 6) is -0.108. The van der Waals surface area contributed by atoms with Gasteiger partial charge in [-0.15, -0.1) is 0 Å². The van der Waals surface area contributed by atoms with E-state index in [1.54, 1.807) is 0 Å². The van der Waals surface area contributed by atoms with Crippen molar-refractivity contribution in [2.75, 3.05) is 33.5 Å². The second-order valence-corrected chi connectivity index (χ2v) is 29.2. The molecule has 6 saturated heterocycles. The first-order valence-corrected chi connectivity index (χ1v) is 32.5. The molecule has 0 aromatic heterocycles. The summed E-state index contributed by atoms with van der Waals surface area (Å²) in [6, 6.07) is 0. The monoisotopic (exact) mass is 1320 g/mol. The van der Waals surface area contributed by atoms with E-state index in [-0.39, 0.29) is 76.8 Å². The van der Waals surface area contributed by atoms with Gasteiger partial charge in [0.15, 0.2) is 31.5 Å². The Kier molecular flexibility index (Phi) is 22.5. The summed E-state index contributed by atoms with van der Waals surface area (Å²) < 4.78 is 114. The van der Waals surface area contributed by atoms with E-state index in [9.17, 15) is 78.7 Å². The fourth-order valence-electron chi connectivity index (χ4n) is 17.6. The minimum Gasteiger partial charge on any atom is -0.726 e. The number of carbonyl (C=O) groups excluding carboxylic acids is 2. The van der Waals surface area contributed by atoms with Gasteiger partial charge in [0.2, 0.25) is 10.4 Å². The molecule has 10 rings (SSSR count). The molecule has 0 aromatic carbocycles. The summed E-state index contributed by atoms with van der Waals surface area (Å²) >= 11 is 0. The van der Waals surface area contributed by atoms with Gasteiger partial charge in [0, 0.05) is 31.3 Å². The van der Waals surface area contributed by atoms with Gasteiger partial charge >= 0.3 is 35.5 Å². The van der Waals surface area contributed by atoms with Crippen LogP contribution < -0.4 is 29.6 Å². The van der Waals surface area contributed by atoms with Crippen molar-refractivity contribution < 1.29 is 169 Å². The van der Waals surface area contributed by atoms with Crippen molar-refractivity contribution in [3.8, 4) is 0 Å². The van der Waals surface area contributed by atoms with Crippen LogP contribution in [0.5, 0.6) is 0 Å². The Hall–Kier alpha value is -1.13. The normalized spacial score (nSPS) is 50.2. The largest absolute Gasteiger partial charge is 1.00 e. The van der Waals surface area contributed by atoms with Crippen molar-refractivity contribution in [3.63, 3.8) is 0 Å². The number of Topliss-reactive ketones (excluding diaryl/α,β-unsaturated/α-hetero) is 1. The first kappa shape index (κ1) is 73.1. The van der Waals surface area contributed by atoms with Gasteiger partial charge in [-0.25, -0.2) is 8.42 Å². The molecular weight excluding hydrogens is 1230 g/mol.